The van der Waals surface area contributed by atoms with E-state index >= 15 is 0 Å². The second-order valence-corrected chi connectivity index (χ2v) is 7.75. The van der Waals surface area contributed by atoms with Gasteiger partial charge < -0.3 is 19.9 Å². The number of amides is 2. The van der Waals surface area contributed by atoms with Crippen molar-refractivity contribution in [3.05, 3.63) is 53.7 Å². The highest BCUT2D eigenvalue weighted by molar-refractivity contribution is 6.04. The van der Waals surface area contributed by atoms with Crippen molar-refractivity contribution in [2.24, 2.45) is 0 Å². The number of aromatic nitrogens is 1. The maximum Gasteiger partial charge on any atom is 0.305 e. The van der Waals surface area contributed by atoms with E-state index in [1.54, 1.807) is 25.3 Å². The summed E-state index contributed by atoms with van der Waals surface area (Å²) in [5, 5.41) is 2.86. The van der Waals surface area contributed by atoms with Gasteiger partial charge in [0.15, 0.2) is 0 Å². The van der Waals surface area contributed by atoms with Crippen LogP contribution in [0.25, 0.3) is 0 Å². The number of nitrogens with zero attached hydrogens (tertiary/aromatic N) is 3. The van der Waals surface area contributed by atoms with Crippen molar-refractivity contribution in [2.45, 2.75) is 33.1 Å². The maximum absolute atomic E-state index is 12.4. The number of anilines is 2. The predicted octanol–water partition coefficient (Wildman–Crippen LogP) is 3.02. The molecule has 1 aliphatic heterocycles. The lowest BCUT2D eigenvalue weighted by atomic mass is 10.1. The minimum Gasteiger partial charge on any atom is -0.466 e. The largest absolute Gasteiger partial charge is 0.466 e. The monoisotopic (exact) mass is 438 g/mol. The second kappa shape index (κ2) is 11.3. The van der Waals surface area contributed by atoms with Gasteiger partial charge in [-0.25, -0.2) is 4.98 Å². The number of ether oxygens (including phenoxy) is 1. The Hall–Kier alpha value is -3.42. The number of carbonyl (C=O) groups excluding carboxylic acids is 3. The Morgan fingerprint density at radius 3 is 2.34 bits per heavy atom. The van der Waals surface area contributed by atoms with Crippen LogP contribution in [-0.4, -0.2) is 60.5 Å². The third-order valence-electron chi connectivity index (χ3n) is 5.35. The van der Waals surface area contributed by atoms with E-state index in [9.17, 15) is 14.4 Å². The lowest BCUT2D eigenvalue weighted by molar-refractivity contribution is -0.143. The van der Waals surface area contributed by atoms with E-state index in [1.165, 1.54) is 0 Å². The van der Waals surface area contributed by atoms with E-state index in [4.69, 9.17) is 4.74 Å². The molecule has 1 saturated heterocycles. The molecule has 8 nitrogen and oxygen atoms in total. The third-order valence-corrected chi connectivity index (χ3v) is 5.35. The van der Waals surface area contributed by atoms with Gasteiger partial charge in [0.05, 0.1) is 18.5 Å². The smallest absolute Gasteiger partial charge is 0.305 e. The number of esters is 1. The topological polar surface area (TPSA) is 91.8 Å². The van der Waals surface area contributed by atoms with Crippen LogP contribution in [0, 0.1) is 6.92 Å². The molecular weight excluding hydrogens is 408 g/mol. The Morgan fingerprint density at radius 1 is 1.00 bits per heavy atom. The van der Waals surface area contributed by atoms with E-state index in [2.05, 4.69) is 15.2 Å². The quantitative estimate of drug-likeness (QED) is 0.637. The SMILES string of the molecule is CCOC(=O)CCCC(=O)N1CCN(c2ccc(NC(=O)c3ccc(C)cc3)cn2)CC1. The zero-order valence-electron chi connectivity index (χ0n) is 18.7. The van der Waals surface area contributed by atoms with Crippen LogP contribution in [0.15, 0.2) is 42.6 Å². The molecule has 0 aliphatic carbocycles. The van der Waals surface area contributed by atoms with Gasteiger partial charge in [0.1, 0.15) is 5.82 Å². The van der Waals surface area contributed by atoms with Gasteiger partial charge >= 0.3 is 5.97 Å². The Bertz CT molecular complexity index is 920. The van der Waals surface area contributed by atoms with Gasteiger partial charge in [-0.1, -0.05) is 17.7 Å². The molecule has 0 radical (unpaired) electrons. The predicted molar refractivity (Wildman–Crippen MR) is 123 cm³/mol. The molecule has 0 saturated carbocycles. The average Bonchev–Trinajstić information content (AvgIpc) is 2.80. The molecule has 1 aromatic carbocycles. The number of hydrogen-bond donors (Lipinski definition) is 1. The first-order valence-electron chi connectivity index (χ1n) is 11.0. The molecule has 32 heavy (non-hydrogen) atoms. The number of aryl methyl sites for hydroxylation is 1. The van der Waals surface area contributed by atoms with Crippen LogP contribution >= 0.6 is 0 Å². The molecule has 2 aromatic rings. The van der Waals surface area contributed by atoms with Crippen LogP contribution in [0.3, 0.4) is 0 Å². The van der Waals surface area contributed by atoms with Crippen molar-refractivity contribution in [3.8, 4) is 0 Å². The lowest BCUT2D eigenvalue weighted by Crippen LogP contribution is -2.49. The molecule has 1 aromatic heterocycles. The molecule has 8 heteroatoms. The van der Waals surface area contributed by atoms with Crippen LogP contribution in [0.2, 0.25) is 0 Å². The molecule has 0 spiro atoms. The van der Waals surface area contributed by atoms with Crippen molar-refractivity contribution in [3.63, 3.8) is 0 Å². The van der Waals surface area contributed by atoms with Crippen molar-refractivity contribution < 1.29 is 19.1 Å². The van der Waals surface area contributed by atoms with E-state index < -0.39 is 0 Å². The summed E-state index contributed by atoms with van der Waals surface area (Å²) in [6.07, 6.45) is 2.78. The number of benzene rings is 1. The van der Waals surface area contributed by atoms with Gasteiger partial charge in [-0.15, -0.1) is 0 Å². The highest BCUT2D eigenvalue weighted by Crippen LogP contribution is 2.17. The normalized spacial score (nSPS) is 13.6. The minimum absolute atomic E-state index is 0.0658. The third kappa shape index (κ3) is 6.54. The van der Waals surface area contributed by atoms with E-state index in [-0.39, 0.29) is 24.2 Å². The Morgan fingerprint density at radius 2 is 1.72 bits per heavy atom. The van der Waals surface area contributed by atoms with Crippen LogP contribution in [-0.2, 0) is 14.3 Å². The van der Waals surface area contributed by atoms with Crippen LogP contribution < -0.4 is 10.2 Å². The zero-order chi connectivity index (χ0) is 22.9. The highest BCUT2D eigenvalue weighted by Gasteiger charge is 2.22. The Balaban J connectivity index is 1.44. The molecule has 1 fully saturated rings. The van der Waals surface area contributed by atoms with Crippen LogP contribution in [0.1, 0.15) is 42.1 Å². The van der Waals surface area contributed by atoms with Crippen LogP contribution in [0.5, 0.6) is 0 Å². The number of hydrogen-bond acceptors (Lipinski definition) is 6. The first-order valence-corrected chi connectivity index (χ1v) is 11.0. The highest BCUT2D eigenvalue weighted by atomic mass is 16.5. The van der Waals surface area contributed by atoms with Crippen molar-refractivity contribution in [1.82, 2.24) is 9.88 Å². The fourth-order valence-corrected chi connectivity index (χ4v) is 3.52. The number of pyridine rings is 1. The molecule has 170 valence electrons. The van der Waals surface area contributed by atoms with Crippen LogP contribution in [0.4, 0.5) is 11.5 Å². The maximum atomic E-state index is 12.4. The van der Waals surface area contributed by atoms with Crippen molar-refractivity contribution in [2.75, 3.05) is 43.0 Å². The van der Waals surface area contributed by atoms with Gasteiger partial charge in [0.25, 0.3) is 5.91 Å². The molecule has 2 amide bonds. The van der Waals surface area contributed by atoms with Gasteiger partial charge in [-0.2, -0.15) is 0 Å². The minimum atomic E-state index is -0.255. The molecule has 0 atom stereocenters. The molecule has 0 bridgehead atoms. The first-order chi connectivity index (χ1) is 15.5. The van der Waals surface area contributed by atoms with Gasteiger partial charge in [0, 0.05) is 44.6 Å². The lowest BCUT2D eigenvalue weighted by Gasteiger charge is -2.35. The molecule has 3 rings (SSSR count). The van der Waals surface area contributed by atoms with Gasteiger partial charge in [0.2, 0.25) is 5.91 Å². The Kier molecular flexibility index (Phi) is 8.19. The molecule has 2 heterocycles. The summed E-state index contributed by atoms with van der Waals surface area (Å²) in [5.74, 6) is 0.452. The number of piperazine rings is 1. The fraction of sp³-hybridized carbons (Fsp3) is 0.417. The first kappa shape index (κ1) is 23.2. The summed E-state index contributed by atoms with van der Waals surface area (Å²) >= 11 is 0. The van der Waals surface area contributed by atoms with E-state index in [1.807, 2.05) is 36.1 Å². The molecule has 1 N–H and O–H groups in total. The Labute approximate surface area is 188 Å². The van der Waals surface area contributed by atoms with Gasteiger partial charge in [-0.3, -0.25) is 14.4 Å². The fourth-order valence-electron chi connectivity index (χ4n) is 3.52. The number of rotatable bonds is 8. The van der Waals surface area contributed by atoms with Gasteiger partial charge in [-0.05, 0) is 44.5 Å². The summed E-state index contributed by atoms with van der Waals surface area (Å²) in [4.78, 5) is 44.5. The van der Waals surface area contributed by atoms with Crippen molar-refractivity contribution >= 4 is 29.3 Å². The van der Waals surface area contributed by atoms with E-state index in [0.717, 1.165) is 11.4 Å². The molecular formula is C24H30N4O4. The van der Waals surface area contributed by atoms with E-state index in [0.29, 0.717) is 56.9 Å². The second-order valence-electron chi connectivity index (χ2n) is 7.75. The summed E-state index contributed by atoms with van der Waals surface area (Å²) in [7, 11) is 0. The standard InChI is InChI=1S/C24H30N4O4/c1-3-32-23(30)6-4-5-22(29)28-15-13-27(14-16-28)21-12-11-20(17-25-21)26-24(31)19-9-7-18(2)8-10-19/h7-12,17H,3-6,13-16H2,1-2H3,(H,26,31). The average molecular weight is 439 g/mol. The summed E-state index contributed by atoms with van der Waals surface area (Å²) < 4.78 is 4.89. The summed E-state index contributed by atoms with van der Waals surface area (Å²) in [6, 6.07) is 11.1. The number of nitrogens with one attached hydrogen (secondary N) is 1. The summed E-state index contributed by atoms with van der Waals surface area (Å²) in [6.45, 7) is 6.72. The zero-order valence-corrected chi connectivity index (χ0v) is 18.7. The number of carbonyl (C=O) groups is 3. The molecule has 1 aliphatic rings. The summed E-state index contributed by atoms with van der Waals surface area (Å²) in [5.41, 5.74) is 2.34. The van der Waals surface area contributed by atoms with Crippen molar-refractivity contribution in [1.29, 1.82) is 0 Å². The molecule has 0 unspecified atom stereocenters.